The Bertz CT molecular complexity index is 806. The third kappa shape index (κ3) is 5.32. The third-order valence-electron chi connectivity index (χ3n) is 4.85. The molecule has 1 aliphatic rings. The first-order valence-corrected chi connectivity index (χ1v) is 10.1. The Morgan fingerprint density at radius 2 is 2.11 bits per heavy atom. The number of nitrogens with one attached hydrogen (secondary N) is 1. The molecule has 1 aromatic carbocycles. The summed E-state index contributed by atoms with van der Waals surface area (Å²) in [5, 5.41) is 7.48. The number of aryl methyl sites for hydroxylation is 1. The van der Waals surface area contributed by atoms with Crippen molar-refractivity contribution < 1.29 is 14.1 Å². The highest BCUT2D eigenvalue weighted by Crippen LogP contribution is 2.20. The first-order chi connectivity index (χ1) is 13.6. The quantitative estimate of drug-likeness (QED) is 0.766. The maximum Gasteiger partial charge on any atom is 0.226 e. The van der Waals surface area contributed by atoms with E-state index in [0.717, 1.165) is 24.9 Å². The first-order valence-electron chi connectivity index (χ1n) is 9.71. The Hall–Kier alpha value is -2.41. The zero-order chi connectivity index (χ0) is 19.9. The first kappa shape index (κ1) is 20.3. The summed E-state index contributed by atoms with van der Waals surface area (Å²) < 4.78 is 5.28. The second kappa shape index (κ2) is 9.68. The summed E-state index contributed by atoms with van der Waals surface area (Å²) in [5.74, 6) is 1.04. The zero-order valence-electron chi connectivity index (χ0n) is 16.0. The van der Waals surface area contributed by atoms with Crippen molar-refractivity contribution in [2.24, 2.45) is 5.92 Å². The molecule has 0 spiro atoms. The molecular formula is C20H25ClN4O3. The van der Waals surface area contributed by atoms with Crippen LogP contribution in [0.2, 0.25) is 5.02 Å². The number of aromatic nitrogens is 2. The number of carbonyl (C=O) groups excluding carboxylic acids is 2. The van der Waals surface area contributed by atoms with Crippen molar-refractivity contribution in [3.8, 4) is 11.4 Å². The summed E-state index contributed by atoms with van der Waals surface area (Å²) in [6.07, 6.45) is 3.27. The molecule has 1 atom stereocenters. The van der Waals surface area contributed by atoms with Crippen molar-refractivity contribution in [2.75, 3.05) is 19.6 Å². The van der Waals surface area contributed by atoms with E-state index in [-0.39, 0.29) is 17.7 Å². The van der Waals surface area contributed by atoms with E-state index in [1.165, 1.54) is 0 Å². The smallest absolute Gasteiger partial charge is 0.226 e. The zero-order valence-corrected chi connectivity index (χ0v) is 16.7. The second-order valence-corrected chi connectivity index (χ2v) is 7.38. The Morgan fingerprint density at radius 1 is 1.32 bits per heavy atom. The van der Waals surface area contributed by atoms with E-state index in [4.69, 9.17) is 16.1 Å². The predicted octanol–water partition coefficient (Wildman–Crippen LogP) is 3.09. The van der Waals surface area contributed by atoms with E-state index in [1.807, 2.05) is 19.1 Å². The summed E-state index contributed by atoms with van der Waals surface area (Å²) in [4.78, 5) is 30.7. The van der Waals surface area contributed by atoms with Crippen LogP contribution in [0.15, 0.2) is 28.8 Å². The number of hydrogen-bond acceptors (Lipinski definition) is 5. The molecule has 28 heavy (non-hydrogen) atoms. The molecule has 1 fully saturated rings. The molecule has 2 amide bonds. The van der Waals surface area contributed by atoms with Crippen LogP contribution in [0.25, 0.3) is 11.4 Å². The molecule has 0 bridgehead atoms. The van der Waals surface area contributed by atoms with Gasteiger partial charge in [-0.3, -0.25) is 9.59 Å². The van der Waals surface area contributed by atoms with E-state index < -0.39 is 0 Å². The van der Waals surface area contributed by atoms with Crippen molar-refractivity contribution in [1.82, 2.24) is 20.4 Å². The van der Waals surface area contributed by atoms with Gasteiger partial charge in [0.25, 0.3) is 0 Å². The maximum absolute atomic E-state index is 12.5. The van der Waals surface area contributed by atoms with Gasteiger partial charge in [0.1, 0.15) is 0 Å². The summed E-state index contributed by atoms with van der Waals surface area (Å²) in [6, 6.07) is 7.22. The lowest BCUT2D eigenvalue weighted by Gasteiger charge is -2.32. The van der Waals surface area contributed by atoms with Gasteiger partial charge in [-0.2, -0.15) is 4.98 Å². The lowest BCUT2D eigenvalue weighted by Crippen LogP contribution is -2.45. The number of nitrogens with zero attached hydrogens (tertiary/aromatic N) is 3. The fourth-order valence-electron chi connectivity index (χ4n) is 3.36. The SMILES string of the molecule is CCNC(=O)C1CCCN(C(=O)CCCc2nc(-c3ccc(Cl)cc3)no2)C1. The Morgan fingerprint density at radius 3 is 2.86 bits per heavy atom. The Kier molecular flexibility index (Phi) is 7.03. The summed E-state index contributed by atoms with van der Waals surface area (Å²) in [7, 11) is 0. The van der Waals surface area contributed by atoms with Gasteiger partial charge in [0.2, 0.25) is 23.5 Å². The van der Waals surface area contributed by atoms with E-state index in [9.17, 15) is 9.59 Å². The number of amides is 2. The summed E-state index contributed by atoms with van der Waals surface area (Å²) >= 11 is 5.89. The minimum absolute atomic E-state index is 0.0422. The molecular weight excluding hydrogens is 380 g/mol. The molecule has 2 aromatic rings. The van der Waals surface area contributed by atoms with Crippen molar-refractivity contribution in [1.29, 1.82) is 0 Å². The number of piperidine rings is 1. The average Bonchev–Trinajstić information content (AvgIpc) is 3.17. The molecule has 1 aromatic heterocycles. The van der Waals surface area contributed by atoms with Crippen molar-refractivity contribution in [2.45, 2.75) is 39.0 Å². The molecule has 0 radical (unpaired) electrons. The largest absolute Gasteiger partial charge is 0.356 e. The van der Waals surface area contributed by atoms with E-state index in [1.54, 1.807) is 17.0 Å². The van der Waals surface area contributed by atoms with Crippen molar-refractivity contribution in [3.05, 3.63) is 35.2 Å². The number of rotatable bonds is 7. The van der Waals surface area contributed by atoms with Crippen molar-refractivity contribution in [3.63, 3.8) is 0 Å². The van der Waals surface area contributed by atoms with E-state index in [2.05, 4.69) is 15.5 Å². The number of hydrogen-bond donors (Lipinski definition) is 1. The molecule has 0 saturated carbocycles. The minimum atomic E-state index is -0.101. The van der Waals surface area contributed by atoms with Crippen LogP contribution in [0.3, 0.4) is 0 Å². The fourth-order valence-corrected chi connectivity index (χ4v) is 3.48. The highest BCUT2D eigenvalue weighted by atomic mass is 35.5. The summed E-state index contributed by atoms with van der Waals surface area (Å²) in [5.41, 5.74) is 0.834. The number of carbonyl (C=O) groups is 2. The number of halogens is 1. The van der Waals surface area contributed by atoms with Crippen LogP contribution in [-0.4, -0.2) is 46.5 Å². The van der Waals surface area contributed by atoms with Gasteiger partial charge >= 0.3 is 0 Å². The van der Waals surface area contributed by atoms with Crippen LogP contribution in [-0.2, 0) is 16.0 Å². The lowest BCUT2D eigenvalue weighted by atomic mass is 9.96. The standard InChI is InChI=1S/C20H25ClN4O3/c1-2-22-20(27)15-5-4-12-25(13-15)18(26)7-3-6-17-23-19(24-28-17)14-8-10-16(21)11-9-14/h8-11,15H,2-7,12-13H2,1H3,(H,22,27). The van der Waals surface area contributed by atoms with Gasteiger partial charge in [-0.15, -0.1) is 0 Å². The van der Waals surface area contributed by atoms with Gasteiger partial charge in [-0.25, -0.2) is 0 Å². The van der Waals surface area contributed by atoms with E-state index >= 15 is 0 Å². The topological polar surface area (TPSA) is 88.3 Å². The van der Waals surface area contributed by atoms with Gasteiger partial charge in [-0.1, -0.05) is 16.8 Å². The van der Waals surface area contributed by atoms with Crippen LogP contribution < -0.4 is 5.32 Å². The molecule has 7 nitrogen and oxygen atoms in total. The normalized spacial score (nSPS) is 16.8. The molecule has 2 heterocycles. The highest BCUT2D eigenvalue weighted by Gasteiger charge is 2.27. The van der Waals surface area contributed by atoms with Crippen LogP contribution >= 0.6 is 11.6 Å². The molecule has 8 heteroatoms. The van der Waals surface area contributed by atoms with E-state index in [0.29, 0.717) is 49.1 Å². The third-order valence-corrected chi connectivity index (χ3v) is 5.10. The minimum Gasteiger partial charge on any atom is -0.356 e. The second-order valence-electron chi connectivity index (χ2n) is 6.95. The van der Waals surface area contributed by atoms with Crippen LogP contribution in [0.4, 0.5) is 0 Å². The monoisotopic (exact) mass is 404 g/mol. The van der Waals surface area contributed by atoms with Crippen LogP contribution in [0.5, 0.6) is 0 Å². The van der Waals surface area contributed by atoms with Crippen molar-refractivity contribution >= 4 is 23.4 Å². The highest BCUT2D eigenvalue weighted by molar-refractivity contribution is 6.30. The fraction of sp³-hybridized carbons (Fsp3) is 0.500. The van der Waals surface area contributed by atoms with Gasteiger partial charge < -0.3 is 14.7 Å². The Balaban J connectivity index is 1.46. The van der Waals surface area contributed by atoms with Crippen LogP contribution in [0.1, 0.15) is 38.5 Å². The number of benzene rings is 1. The van der Waals surface area contributed by atoms with Gasteiger partial charge in [0, 0.05) is 43.1 Å². The number of likely N-dealkylation sites (tertiary alicyclic amines) is 1. The molecule has 1 saturated heterocycles. The summed E-state index contributed by atoms with van der Waals surface area (Å²) in [6.45, 7) is 3.74. The molecule has 3 rings (SSSR count). The van der Waals surface area contributed by atoms with Gasteiger partial charge in [-0.05, 0) is 50.5 Å². The average molecular weight is 405 g/mol. The van der Waals surface area contributed by atoms with Gasteiger partial charge in [0.05, 0.1) is 5.92 Å². The molecule has 150 valence electrons. The maximum atomic E-state index is 12.5. The molecule has 0 aliphatic carbocycles. The molecule has 1 aliphatic heterocycles. The Labute approximate surface area is 169 Å². The lowest BCUT2D eigenvalue weighted by molar-refractivity contribution is -0.135. The molecule has 1 unspecified atom stereocenters. The predicted molar refractivity (Wildman–Crippen MR) is 106 cm³/mol. The van der Waals surface area contributed by atoms with Crippen LogP contribution in [0, 0.1) is 5.92 Å². The van der Waals surface area contributed by atoms with Gasteiger partial charge in [0.15, 0.2) is 0 Å². The molecule has 1 N–H and O–H groups in total.